The lowest BCUT2D eigenvalue weighted by atomic mass is 9.88. The number of rotatable bonds is 2. The molecule has 1 heterocycles. The molecular weight excluding hydrogens is 170 g/mol. The maximum Gasteiger partial charge on any atom is 0.00124 e. The summed E-state index contributed by atoms with van der Waals surface area (Å²) in [6, 6.07) is 0. The first-order valence-electron chi connectivity index (χ1n) is 6.64. The molecule has 0 aromatic heterocycles. The highest BCUT2D eigenvalue weighted by Crippen LogP contribution is 2.48. The standard InChI is InChI=1S/C13H23N/c1-2-6-14(7-3-1)10-13-9-11-4-5-12(13)8-11/h11-13H,1-10H2/t11-,12+,13-/m0/s1. The summed E-state index contributed by atoms with van der Waals surface area (Å²) in [6.45, 7) is 4.24. The first kappa shape index (κ1) is 9.21. The van der Waals surface area contributed by atoms with Crippen molar-refractivity contribution in [3.63, 3.8) is 0 Å². The summed E-state index contributed by atoms with van der Waals surface area (Å²) < 4.78 is 0. The molecule has 0 aromatic rings. The minimum absolute atomic E-state index is 1.09. The normalized spacial score (nSPS) is 43.3. The van der Waals surface area contributed by atoms with E-state index in [9.17, 15) is 0 Å². The van der Waals surface area contributed by atoms with Crippen molar-refractivity contribution in [3.8, 4) is 0 Å². The molecule has 3 aliphatic rings. The van der Waals surface area contributed by atoms with Crippen LogP contribution >= 0.6 is 0 Å². The summed E-state index contributed by atoms with van der Waals surface area (Å²) in [5.74, 6) is 3.35. The summed E-state index contributed by atoms with van der Waals surface area (Å²) in [6.07, 6.45) is 10.7. The van der Waals surface area contributed by atoms with Gasteiger partial charge in [0.1, 0.15) is 0 Å². The van der Waals surface area contributed by atoms with Gasteiger partial charge in [0.2, 0.25) is 0 Å². The molecule has 0 amide bonds. The quantitative estimate of drug-likeness (QED) is 0.652. The van der Waals surface area contributed by atoms with Gasteiger partial charge in [-0.05, 0) is 62.9 Å². The molecule has 1 aliphatic heterocycles. The van der Waals surface area contributed by atoms with Gasteiger partial charge in [-0.3, -0.25) is 0 Å². The van der Waals surface area contributed by atoms with Gasteiger partial charge in [0, 0.05) is 6.54 Å². The minimum Gasteiger partial charge on any atom is -0.303 e. The van der Waals surface area contributed by atoms with Gasteiger partial charge in [-0.15, -0.1) is 0 Å². The Hall–Kier alpha value is -0.0400. The van der Waals surface area contributed by atoms with E-state index in [0.717, 1.165) is 17.8 Å². The molecule has 1 heteroatoms. The maximum absolute atomic E-state index is 2.74. The molecule has 80 valence electrons. The van der Waals surface area contributed by atoms with E-state index in [1.54, 1.807) is 25.7 Å². The van der Waals surface area contributed by atoms with Crippen LogP contribution in [0.15, 0.2) is 0 Å². The molecule has 1 nitrogen and oxygen atoms in total. The van der Waals surface area contributed by atoms with Crippen LogP contribution in [0.25, 0.3) is 0 Å². The van der Waals surface area contributed by atoms with Crippen LogP contribution < -0.4 is 0 Å². The Morgan fingerprint density at radius 1 is 0.929 bits per heavy atom. The zero-order valence-electron chi connectivity index (χ0n) is 9.25. The van der Waals surface area contributed by atoms with Gasteiger partial charge < -0.3 is 4.90 Å². The van der Waals surface area contributed by atoms with Gasteiger partial charge in [0.05, 0.1) is 0 Å². The molecule has 2 saturated carbocycles. The third-order valence-electron chi connectivity index (χ3n) is 4.83. The van der Waals surface area contributed by atoms with E-state index in [1.165, 1.54) is 38.9 Å². The van der Waals surface area contributed by atoms with Crippen LogP contribution in [0.5, 0.6) is 0 Å². The van der Waals surface area contributed by atoms with Gasteiger partial charge in [-0.2, -0.15) is 0 Å². The van der Waals surface area contributed by atoms with E-state index < -0.39 is 0 Å². The average molecular weight is 193 g/mol. The molecule has 1 saturated heterocycles. The molecule has 0 spiro atoms. The van der Waals surface area contributed by atoms with E-state index in [0.29, 0.717) is 0 Å². The summed E-state index contributed by atoms with van der Waals surface area (Å²) >= 11 is 0. The number of piperidine rings is 1. The first-order chi connectivity index (χ1) is 6.92. The molecule has 0 radical (unpaired) electrons. The topological polar surface area (TPSA) is 3.24 Å². The van der Waals surface area contributed by atoms with Crippen LogP contribution in [0.3, 0.4) is 0 Å². The Bertz CT molecular complexity index is 195. The third-order valence-corrected chi connectivity index (χ3v) is 4.83. The predicted molar refractivity (Wildman–Crippen MR) is 59.2 cm³/mol. The Morgan fingerprint density at radius 3 is 2.43 bits per heavy atom. The molecule has 2 aliphatic carbocycles. The van der Waals surface area contributed by atoms with Gasteiger partial charge in [-0.1, -0.05) is 12.8 Å². The highest BCUT2D eigenvalue weighted by Gasteiger charge is 2.39. The van der Waals surface area contributed by atoms with Gasteiger partial charge >= 0.3 is 0 Å². The lowest BCUT2D eigenvalue weighted by molar-refractivity contribution is 0.165. The van der Waals surface area contributed by atoms with Crippen molar-refractivity contribution in [1.29, 1.82) is 0 Å². The van der Waals surface area contributed by atoms with Gasteiger partial charge in [-0.25, -0.2) is 0 Å². The van der Waals surface area contributed by atoms with Crippen LogP contribution in [0.4, 0.5) is 0 Å². The molecule has 3 rings (SSSR count). The monoisotopic (exact) mass is 193 g/mol. The minimum atomic E-state index is 1.09. The van der Waals surface area contributed by atoms with Gasteiger partial charge in [0.15, 0.2) is 0 Å². The largest absolute Gasteiger partial charge is 0.303 e. The molecule has 14 heavy (non-hydrogen) atoms. The number of hydrogen-bond acceptors (Lipinski definition) is 1. The summed E-state index contributed by atoms with van der Waals surface area (Å²) in [4.78, 5) is 2.74. The summed E-state index contributed by atoms with van der Waals surface area (Å²) in [5, 5.41) is 0. The van der Waals surface area contributed by atoms with Crippen molar-refractivity contribution in [2.45, 2.75) is 44.9 Å². The van der Waals surface area contributed by atoms with E-state index >= 15 is 0 Å². The zero-order valence-corrected chi connectivity index (χ0v) is 9.25. The maximum atomic E-state index is 2.74. The number of nitrogens with zero attached hydrogens (tertiary/aromatic N) is 1. The Labute approximate surface area is 87.9 Å². The smallest absolute Gasteiger partial charge is 0.00124 e. The van der Waals surface area contributed by atoms with Crippen LogP contribution in [0, 0.1) is 17.8 Å². The second-order valence-corrected chi connectivity index (χ2v) is 5.80. The molecular formula is C13H23N. The predicted octanol–water partition coefficient (Wildman–Crippen LogP) is 2.91. The second kappa shape index (κ2) is 3.84. The first-order valence-corrected chi connectivity index (χ1v) is 6.64. The molecule has 0 aromatic carbocycles. The fourth-order valence-corrected chi connectivity index (χ4v) is 4.07. The van der Waals surface area contributed by atoms with E-state index in [4.69, 9.17) is 0 Å². The third kappa shape index (κ3) is 1.71. The Kier molecular flexibility index (Phi) is 2.53. The number of hydrogen-bond donors (Lipinski definition) is 0. The van der Waals surface area contributed by atoms with E-state index in [2.05, 4.69) is 4.90 Å². The van der Waals surface area contributed by atoms with Crippen LogP contribution in [-0.4, -0.2) is 24.5 Å². The average Bonchev–Trinajstić information content (AvgIpc) is 2.81. The van der Waals surface area contributed by atoms with Crippen LogP contribution in [-0.2, 0) is 0 Å². The highest BCUT2D eigenvalue weighted by atomic mass is 15.1. The van der Waals surface area contributed by atoms with Crippen LogP contribution in [0.1, 0.15) is 44.9 Å². The van der Waals surface area contributed by atoms with Crippen molar-refractivity contribution in [1.82, 2.24) is 4.90 Å². The molecule has 3 fully saturated rings. The lowest BCUT2D eigenvalue weighted by Crippen LogP contribution is -2.35. The van der Waals surface area contributed by atoms with Crippen molar-refractivity contribution in [3.05, 3.63) is 0 Å². The fraction of sp³-hybridized carbons (Fsp3) is 1.00. The van der Waals surface area contributed by atoms with Crippen molar-refractivity contribution in [2.75, 3.05) is 19.6 Å². The van der Waals surface area contributed by atoms with Crippen LogP contribution in [0.2, 0.25) is 0 Å². The number of likely N-dealkylation sites (tertiary alicyclic amines) is 1. The molecule has 3 atom stereocenters. The van der Waals surface area contributed by atoms with Crippen molar-refractivity contribution < 1.29 is 0 Å². The lowest BCUT2D eigenvalue weighted by Gasteiger charge is -2.32. The fourth-order valence-electron chi connectivity index (χ4n) is 4.07. The van der Waals surface area contributed by atoms with Crippen molar-refractivity contribution >= 4 is 0 Å². The molecule has 0 N–H and O–H groups in total. The molecule has 2 bridgehead atoms. The SMILES string of the molecule is C1CCN(C[C@@H]2C[C@H]3CC[C@@H]2C3)CC1. The highest BCUT2D eigenvalue weighted by molar-refractivity contribution is 4.91. The second-order valence-electron chi connectivity index (χ2n) is 5.80. The number of fused-ring (bicyclic) bond motifs is 2. The van der Waals surface area contributed by atoms with E-state index in [1.807, 2.05) is 0 Å². The van der Waals surface area contributed by atoms with Gasteiger partial charge in [0.25, 0.3) is 0 Å². The van der Waals surface area contributed by atoms with Crippen molar-refractivity contribution in [2.24, 2.45) is 17.8 Å². The van der Waals surface area contributed by atoms with E-state index in [-0.39, 0.29) is 0 Å². The zero-order chi connectivity index (χ0) is 9.38. The Balaban J connectivity index is 1.52. The summed E-state index contributed by atoms with van der Waals surface area (Å²) in [5.41, 5.74) is 0. The summed E-state index contributed by atoms with van der Waals surface area (Å²) in [7, 11) is 0. The molecule has 0 unspecified atom stereocenters. The Morgan fingerprint density at radius 2 is 1.79 bits per heavy atom.